The fourth-order valence-electron chi connectivity index (χ4n) is 2.51. The van der Waals surface area contributed by atoms with Crippen LogP contribution in [0.1, 0.15) is 6.42 Å². The smallest absolute Gasteiger partial charge is 0.239 e. The number of imidazole rings is 1. The molecule has 1 unspecified atom stereocenters. The minimum absolute atomic E-state index is 0. The van der Waals surface area contributed by atoms with Crippen LogP contribution in [-0.4, -0.2) is 47.8 Å². The monoisotopic (exact) mass is 360 g/mol. The van der Waals surface area contributed by atoms with Gasteiger partial charge in [-0.15, -0.1) is 24.8 Å². The molecule has 3 rings (SSSR count). The predicted octanol–water partition coefficient (Wildman–Crippen LogP) is 1.37. The molecule has 1 aliphatic heterocycles. The first-order valence-corrected chi connectivity index (χ1v) is 7.33. The van der Waals surface area contributed by atoms with Crippen LogP contribution in [0.25, 0.3) is 11.0 Å². The Morgan fingerprint density at radius 3 is 3.00 bits per heavy atom. The maximum Gasteiger partial charge on any atom is 0.239 e. The first-order valence-electron chi connectivity index (χ1n) is 7.33. The fourth-order valence-corrected chi connectivity index (χ4v) is 2.51. The third-order valence-corrected chi connectivity index (χ3v) is 3.64. The summed E-state index contributed by atoms with van der Waals surface area (Å²) in [5.74, 6) is 0.0187. The van der Waals surface area contributed by atoms with E-state index in [0.717, 1.165) is 30.5 Å². The Morgan fingerprint density at radius 1 is 1.39 bits per heavy atom. The molecule has 128 valence electrons. The second-order valence-electron chi connectivity index (χ2n) is 5.15. The highest BCUT2D eigenvalue weighted by molar-refractivity contribution is 5.85. The van der Waals surface area contributed by atoms with Crippen LogP contribution in [0, 0.1) is 0 Å². The summed E-state index contributed by atoms with van der Waals surface area (Å²) in [4.78, 5) is 16.3. The number of aromatic nitrogens is 2. The highest BCUT2D eigenvalue weighted by atomic mass is 35.5. The molecule has 1 saturated heterocycles. The molecule has 0 saturated carbocycles. The van der Waals surface area contributed by atoms with Gasteiger partial charge in [0.15, 0.2) is 0 Å². The van der Waals surface area contributed by atoms with Crippen LogP contribution < -0.4 is 10.6 Å². The second kappa shape index (κ2) is 9.72. The van der Waals surface area contributed by atoms with E-state index in [4.69, 9.17) is 4.74 Å². The quantitative estimate of drug-likeness (QED) is 0.790. The summed E-state index contributed by atoms with van der Waals surface area (Å²) in [6.45, 7) is 3.37. The first-order chi connectivity index (χ1) is 10.3. The number of morpholine rings is 1. The van der Waals surface area contributed by atoms with Crippen LogP contribution in [0.2, 0.25) is 0 Å². The predicted molar refractivity (Wildman–Crippen MR) is 94.5 cm³/mol. The zero-order chi connectivity index (χ0) is 14.5. The Balaban J connectivity index is 0.00000132. The minimum atomic E-state index is -0.215. The largest absolute Gasteiger partial charge is 0.378 e. The Morgan fingerprint density at radius 2 is 2.22 bits per heavy atom. The van der Waals surface area contributed by atoms with Crippen molar-refractivity contribution < 1.29 is 9.53 Å². The summed E-state index contributed by atoms with van der Waals surface area (Å²) < 4.78 is 7.40. The number of para-hydroxylation sites is 2. The van der Waals surface area contributed by atoms with E-state index in [1.165, 1.54) is 0 Å². The van der Waals surface area contributed by atoms with Crippen LogP contribution in [0.15, 0.2) is 30.6 Å². The van der Waals surface area contributed by atoms with Gasteiger partial charge in [0.2, 0.25) is 5.91 Å². The lowest BCUT2D eigenvalue weighted by molar-refractivity contribution is -0.125. The molecule has 0 bridgehead atoms. The molecule has 2 heterocycles. The van der Waals surface area contributed by atoms with Gasteiger partial charge in [-0.05, 0) is 18.6 Å². The number of fused-ring (bicyclic) bond motifs is 1. The van der Waals surface area contributed by atoms with Crippen LogP contribution in [0.5, 0.6) is 0 Å². The zero-order valence-corrected chi connectivity index (χ0v) is 14.4. The lowest BCUT2D eigenvalue weighted by Gasteiger charge is -2.22. The first kappa shape index (κ1) is 19.7. The summed E-state index contributed by atoms with van der Waals surface area (Å²) in [5.41, 5.74) is 2.14. The molecular weight excluding hydrogens is 339 g/mol. The van der Waals surface area contributed by atoms with E-state index in [1.807, 2.05) is 24.5 Å². The number of rotatable bonds is 5. The average Bonchev–Trinajstić information content (AvgIpc) is 2.95. The van der Waals surface area contributed by atoms with Gasteiger partial charge in [-0.1, -0.05) is 12.1 Å². The maximum atomic E-state index is 11.9. The van der Waals surface area contributed by atoms with Crippen molar-refractivity contribution in [3.05, 3.63) is 30.6 Å². The van der Waals surface area contributed by atoms with Gasteiger partial charge in [0, 0.05) is 19.6 Å². The van der Waals surface area contributed by atoms with E-state index < -0.39 is 0 Å². The van der Waals surface area contributed by atoms with Crippen molar-refractivity contribution in [3.63, 3.8) is 0 Å². The number of halogens is 2. The van der Waals surface area contributed by atoms with Gasteiger partial charge in [0.1, 0.15) is 6.04 Å². The molecule has 1 atom stereocenters. The van der Waals surface area contributed by atoms with Crippen LogP contribution in [-0.2, 0) is 16.1 Å². The van der Waals surface area contributed by atoms with Crippen molar-refractivity contribution in [2.45, 2.75) is 19.0 Å². The molecule has 0 aliphatic carbocycles. The van der Waals surface area contributed by atoms with Crippen LogP contribution in [0.4, 0.5) is 0 Å². The van der Waals surface area contributed by atoms with Gasteiger partial charge in [-0.2, -0.15) is 0 Å². The summed E-state index contributed by atoms with van der Waals surface area (Å²) in [7, 11) is 0. The topological polar surface area (TPSA) is 68.2 Å². The fraction of sp³-hybridized carbons (Fsp3) is 0.467. The van der Waals surface area contributed by atoms with Crippen LogP contribution in [0.3, 0.4) is 0 Å². The van der Waals surface area contributed by atoms with Crippen LogP contribution >= 0.6 is 24.8 Å². The lowest BCUT2D eigenvalue weighted by Crippen LogP contribution is -2.51. The van der Waals surface area contributed by atoms with Crippen molar-refractivity contribution in [3.8, 4) is 0 Å². The van der Waals surface area contributed by atoms with E-state index in [0.29, 0.717) is 19.8 Å². The molecule has 1 aromatic heterocycles. The van der Waals surface area contributed by atoms with E-state index >= 15 is 0 Å². The number of hydrogen-bond acceptors (Lipinski definition) is 4. The number of hydrogen-bond donors (Lipinski definition) is 2. The molecule has 2 aromatic rings. The Hall–Kier alpha value is -1.34. The highest BCUT2D eigenvalue weighted by Gasteiger charge is 2.20. The number of nitrogens with one attached hydrogen (secondary N) is 2. The molecule has 2 N–H and O–H groups in total. The number of carbonyl (C=O) groups excluding carboxylic acids is 1. The molecule has 1 amide bonds. The van der Waals surface area contributed by atoms with Crippen molar-refractivity contribution in [2.24, 2.45) is 0 Å². The molecule has 1 aliphatic rings. The minimum Gasteiger partial charge on any atom is -0.378 e. The highest BCUT2D eigenvalue weighted by Crippen LogP contribution is 2.11. The summed E-state index contributed by atoms with van der Waals surface area (Å²) in [5, 5.41) is 6.09. The van der Waals surface area contributed by atoms with Gasteiger partial charge >= 0.3 is 0 Å². The Bertz CT molecular complexity index is 614. The molecule has 0 radical (unpaired) electrons. The molecule has 23 heavy (non-hydrogen) atoms. The van der Waals surface area contributed by atoms with Gasteiger partial charge in [-0.25, -0.2) is 4.98 Å². The average molecular weight is 361 g/mol. The molecule has 0 spiro atoms. The number of benzene rings is 1. The molecule has 1 aromatic carbocycles. The van der Waals surface area contributed by atoms with Gasteiger partial charge in [-0.3, -0.25) is 4.79 Å². The Kier molecular flexibility index (Phi) is 8.33. The van der Waals surface area contributed by atoms with E-state index in [1.54, 1.807) is 0 Å². The van der Waals surface area contributed by atoms with E-state index in [9.17, 15) is 4.79 Å². The molecule has 1 fully saturated rings. The normalized spacial score (nSPS) is 17.1. The van der Waals surface area contributed by atoms with Gasteiger partial charge < -0.3 is 19.9 Å². The standard InChI is InChI=1S/C15H20N4O2.2ClH/c20-15(13-10-21-9-7-16-13)17-6-3-8-19-11-18-12-4-1-2-5-14(12)19;;/h1-2,4-5,11,13,16H,3,6-10H2,(H,17,20);2*1H. The SMILES string of the molecule is Cl.Cl.O=C(NCCCn1cnc2ccccc21)C1COCCN1. The van der Waals surface area contributed by atoms with E-state index in [-0.39, 0.29) is 36.8 Å². The molecule has 8 heteroatoms. The summed E-state index contributed by atoms with van der Waals surface area (Å²) >= 11 is 0. The third-order valence-electron chi connectivity index (χ3n) is 3.64. The van der Waals surface area contributed by atoms with Crippen molar-refractivity contribution in [1.29, 1.82) is 0 Å². The van der Waals surface area contributed by atoms with Crippen molar-refractivity contribution >= 4 is 41.8 Å². The second-order valence-corrected chi connectivity index (χ2v) is 5.15. The Labute approximate surface area is 147 Å². The van der Waals surface area contributed by atoms with Gasteiger partial charge in [0.05, 0.1) is 30.6 Å². The third kappa shape index (κ3) is 5.07. The summed E-state index contributed by atoms with van der Waals surface area (Å²) in [6.07, 6.45) is 2.72. The number of aryl methyl sites for hydroxylation is 1. The summed E-state index contributed by atoms with van der Waals surface area (Å²) in [6, 6.07) is 7.84. The number of ether oxygens (including phenoxy) is 1. The number of carbonyl (C=O) groups is 1. The van der Waals surface area contributed by atoms with Crippen molar-refractivity contribution in [2.75, 3.05) is 26.3 Å². The van der Waals surface area contributed by atoms with E-state index in [2.05, 4.69) is 26.3 Å². The molecule has 6 nitrogen and oxygen atoms in total. The molecular formula is C15H22Cl2N4O2. The number of nitrogens with zero attached hydrogens (tertiary/aromatic N) is 2. The van der Waals surface area contributed by atoms with Gasteiger partial charge in [0.25, 0.3) is 0 Å². The van der Waals surface area contributed by atoms with Crippen molar-refractivity contribution in [1.82, 2.24) is 20.2 Å². The maximum absolute atomic E-state index is 11.9. The zero-order valence-electron chi connectivity index (χ0n) is 12.7. The lowest BCUT2D eigenvalue weighted by atomic mass is 10.2. The number of amides is 1.